The monoisotopic (exact) mass is 522 g/mol. The average Bonchev–Trinajstić information content (AvgIpc) is 3.36. The molecule has 7 rings (SSSR count). The molecule has 1 saturated heterocycles. The first-order valence-electron chi connectivity index (χ1n) is 13.3. The molecule has 1 aromatic carbocycles. The summed E-state index contributed by atoms with van der Waals surface area (Å²) in [6.45, 7) is 1.47. The zero-order valence-corrected chi connectivity index (χ0v) is 21.1. The predicted octanol–water partition coefficient (Wildman–Crippen LogP) is 4.92. The van der Waals surface area contributed by atoms with Crippen LogP contribution < -0.4 is 5.56 Å². The van der Waals surface area contributed by atoms with Gasteiger partial charge in [-0.1, -0.05) is 18.6 Å². The molecule has 0 bridgehead atoms. The number of pyridine rings is 1. The van der Waals surface area contributed by atoms with Gasteiger partial charge < -0.3 is 9.55 Å². The van der Waals surface area contributed by atoms with E-state index in [1.165, 1.54) is 12.5 Å². The third kappa shape index (κ3) is 3.64. The Bertz CT molecular complexity index is 1590. The van der Waals surface area contributed by atoms with Crippen molar-refractivity contribution >= 4 is 10.9 Å². The first-order valence-corrected chi connectivity index (χ1v) is 13.3. The first-order chi connectivity index (χ1) is 18.2. The minimum Gasteiger partial charge on any atom is -0.353 e. The molecule has 10 heteroatoms. The van der Waals surface area contributed by atoms with Crippen molar-refractivity contribution in [3.05, 3.63) is 75.9 Å². The summed E-state index contributed by atoms with van der Waals surface area (Å²) < 4.78 is 45.9. The van der Waals surface area contributed by atoms with Crippen molar-refractivity contribution in [1.82, 2.24) is 29.2 Å². The molecule has 2 unspecified atom stereocenters. The highest BCUT2D eigenvalue weighted by Crippen LogP contribution is 2.48. The van der Waals surface area contributed by atoms with Crippen molar-refractivity contribution < 1.29 is 13.2 Å². The lowest BCUT2D eigenvalue weighted by molar-refractivity contribution is -0.136. The van der Waals surface area contributed by atoms with E-state index in [1.54, 1.807) is 18.5 Å². The van der Waals surface area contributed by atoms with Gasteiger partial charge >= 0.3 is 6.18 Å². The molecular weight excluding hydrogens is 493 g/mol. The van der Waals surface area contributed by atoms with E-state index in [0.717, 1.165) is 60.8 Å². The van der Waals surface area contributed by atoms with Gasteiger partial charge in [0.25, 0.3) is 5.56 Å². The van der Waals surface area contributed by atoms with E-state index in [9.17, 15) is 18.0 Å². The fourth-order valence-corrected chi connectivity index (χ4v) is 6.74. The molecule has 2 aliphatic carbocycles. The Balaban J connectivity index is 1.33. The number of nitrogens with one attached hydrogen (secondary N) is 1. The minimum absolute atomic E-state index is 0.00348. The van der Waals surface area contributed by atoms with Crippen molar-refractivity contribution in [3.8, 4) is 5.69 Å². The molecule has 0 amide bonds. The number of benzene rings is 1. The predicted molar refractivity (Wildman–Crippen MR) is 136 cm³/mol. The van der Waals surface area contributed by atoms with Gasteiger partial charge in [-0.25, -0.2) is 0 Å². The highest BCUT2D eigenvalue weighted by Gasteiger charge is 2.45. The number of hydrogen-bond acceptors (Lipinski definition) is 4. The van der Waals surface area contributed by atoms with Gasteiger partial charge in [0.1, 0.15) is 17.7 Å². The van der Waals surface area contributed by atoms with E-state index >= 15 is 0 Å². The fourth-order valence-electron chi connectivity index (χ4n) is 6.74. The quantitative estimate of drug-likeness (QED) is 0.404. The number of nitrogens with zero attached hydrogens (tertiary/aromatic N) is 5. The smallest absolute Gasteiger partial charge is 0.353 e. The second-order valence-corrected chi connectivity index (χ2v) is 11.2. The van der Waals surface area contributed by atoms with Crippen molar-refractivity contribution in [2.24, 2.45) is 13.0 Å². The van der Waals surface area contributed by atoms with E-state index in [1.807, 2.05) is 23.7 Å². The second kappa shape index (κ2) is 8.30. The van der Waals surface area contributed by atoms with Crippen LogP contribution in [0.4, 0.5) is 13.2 Å². The Morgan fingerprint density at radius 1 is 1.18 bits per heavy atom. The number of halogens is 3. The molecule has 3 fully saturated rings. The number of likely N-dealkylation sites (tertiary alicyclic amines) is 1. The van der Waals surface area contributed by atoms with Crippen molar-refractivity contribution in [3.63, 3.8) is 0 Å². The van der Waals surface area contributed by atoms with Gasteiger partial charge in [-0.05, 0) is 68.3 Å². The molecule has 2 saturated carbocycles. The Morgan fingerprint density at radius 3 is 2.74 bits per heavy atom. The van der Waals surface area contributed by atoms with Crippen LogP contribution in [0.1, 0.15) is 61.2 Å². The number of fused-ring (bicyclic) bond motifs is 2. The molecule has 4 aromatic rings. The van der Waals surface area contributed by atoms with E-state index in [0.29, 0.717) is 29.9 Å². The van der Waals surface area contributed by atoms with Gasteiger partial charge in [0.2, 0.25) is 0 Å². The summed E-state index contributed by atoms with van der Waals surface area (Å²) in [5, 5.41) is 8.31. The first kappa shape index (κ1) is 23.7. The molecule has 4 heterocycles. The van der Waals surface area contributed by atoms with Gasteiger partial charge in [0, 0.05) is 42.6 Å². The number of rotatable bonds is 5. The highest BCUT2D eigenvalue weighted by atomic mass is 19.4. The Kier molecular flexibility index (Phi) is 5.17. The van der Waals surface area contributed by atoms with Crippen LogP contribution in [-0.4, -0.2) is 41.8 Å². The number of alkyl halides is 3. The van der Waals surface area contributed by atoms with Crippen molar-refractivity contribution in [2.45, 2.75) is 62.7 Å². The van der Waals surface area contributed by atoms with E-state index < -0.39 is 17.3 Å². The summed E-state index contributed by atoms with van der Waals surface area (Å²) in [6, 6.07) is 9.31. The maximum Gasteiger partial charge on any atom is 0.418 e. The summed E-state index contributed by atoms with van der Waals surface area (Å²) in [4.78, 5) is 19.0. The minimum atomic E-state index is -4.61. The van der Waals surface area contributed by atoms with Crippen LogP contribution in [0.25, 0.3) is 16.6 Å². The molecule has 1 aliphatic heterocycles. The molecule has 3 aromatic heterocycles. The molecular formula is C28H29F3N6O. The number of H-pyrrole nitrogens is 1. The SMILES string of the molecule is Cn1cnnc1C1(c2cccc(-n3cc(C(F)(F)F)c4cc(CN5CCCC6CC65)[nH]c4c3=O)c2)CCC1. The zero-order chi connectivity index (χ0) is 26.2. The van der Waals surface area contributed by atoms with Gasteiger partial charge in [-0.3, -0.25) is 14.3 Å². The van der Waals surface area contributed by atoms with Crippen LogP contribution in [0.3, 0.4) is 0 Å². The van der Waals surface area contributed by atoms with Crippen LogP contribution in [-0.2, 0) is 25.2 Å². The van der Waals surface area contributed by atoms with Crippen LogP contribution in [0.5, 0.6) is 0 Å². The van der Waals surface area contributed by atoms with Crippen molar-refractivity contribution in [1.29, 1.82) is 0 Å². The number of aryl methyl sites for hydroxylation is 1. The van der Waals surface area contributed by atoms with Crippen LogP contribution >= 0.6 is 0 Å². The van der Waals surface area contributed by atoms with E-state index in [2.05, 4.69) is 20.1 Å². The van der Waals surface area contributed by atoms with Crippen LogP contribution in [0.15, 0.2) is 47.7 Å². The normalized spacial score (nSPS) is 22.8. The molecule has 1 N–H and O–H groups in total. The lowest BCUT2D eigenvalue weighted by atomic mass is 9.63. The summed E-state index contributed by atoms with van der Waals surface area (Å²) in [5.41, 5.74) is 0.315. The highest BCUT2D eigenvalue weighted by molar-refractivity contribution is 5.84. The third-order valence-corrected chi connectivity index (χ3v) is 8.93. The number of piperidine rings is 1. The lowest BCUT2D eigenvalue weighted by Crippen LogP contribution is -2.38. The summed E-state index contributed by atoms with van der Waals surface area (Å²) in [5.74, 6) is 1.54. The number of aromatic amines is 1. The van der Waals surface area contributed by atoms with E-state index in [4.69, 9.17) is 0 Å². The number of aromatic nitrogens is 5. The van der Waals surface area contributed by atoms with Gasteiger partial charge in [-0.15, -0.1) is 10.2 Å². The van der Waals surface area contributed by atoms with Gasteiger partial charge in [0.15, 0.2) is 0 Å². The van der Waals surface area contributed by atoms with Crippen LogP contribution in [0, 0.1) is 5.92 Å². The third-order valence-electron chi connectivity index (χ3n) is 8.93. The van der Waals surface area contributed by atoms with Gasteiger partial charge in [-0.2, -0.15) is 13.2 Å². The Hall–Kier alpha value is -3.40. The molecule has 2 atom stereocenters. The lowest BCUT2D eigenvalue weighted by Gasteiger charge is -2.41. The molecule has 0 spiro atoms. The Labute approximate surface area is 217 Å². The average molecular weight is 523 g/mol. The Morgan fingerprint density at radius 2 is 2.03 bits per heavy atom. The molecule has 3 aliphatic rings. The van der Waals surface area contributed by atoms with E-state index in [-0.39, 0.29) is 16.3 Å². The molecule has 0 radical (unpaired) electrons. The second-order valence-electron chi connectivity index (χ2n) is 11.2. The topological polar surface area (TPSA) is 71.7 Å². The van der Waals surface area contributed by atoms with Gasteiger partial charge in [0.05, 0.1) is 11.0 Å². The fraction of sp³-hybridized carbons (Fsp3) is 0.464. The molecule has 198 valence electrons. The maximum atomic E-state index is 14.3. The summed E-state index contributed by atoms with van der Waals surface area (Å²) >= 11 is 0. The largest absolute Gasteiger partial charge is 0.418 e. The van der Waals surface area contributed by atoms with Crippen molar-refractivity contribution in [2.75, 3.05) is 6.54 Å². The summed E-state index contributed by atoms with van der Waals surface area (Å²) in [7, 11) is 1.89. The molecule has 7 nitrogen and oxygen atoms in total. The standard InChI is InChI=1S/C28H29F3N6O/c1-35-16-32-34-26(35)27(8-4-9-27)18-6-2-7-20(12-18)37-15-22(28(29,30)31)21-13-19(33-24(21)25(37)38)14-36-10-3-5-17-11-23(17)36/h2,6-7,12-13,15-17,23,33H,3-5,8-11,14H2,1H3. The molecule has 38 heavy (non-hydrogen) atoms. The maximum absolute atomic E-state index is 14.3. The summed E-state index contributed by atoms with van der Waals surface area (Å²) in [6.07, 6.45) is 4.25. The zero-order valence-electron chi connectivity index (χ0n) is 21.1. The number of hydrogen-bond donors (Lipinski definition) is 1. The van der Waals surface area contributed by atoms with Crippen LogP contribution in [0.2, 0.25) is 0 Å².